The molecule has 1 amide bonds. The Kier molecular flexibility index (Phi) is 9.19. The molecule has 0 aliphatic rings. The molecular formula is C20H34BFN2O2. The molecule has 0 aliphatic heterocycles. The Balaban J connectivity index is 4.49. The third-order valence-corrected chi connectivity index (χ3v) is 4.04. The lowest BCUT2D eigenvalue weighted by Crippen LogP contribution is -2.36. The van der Waals surface area contributed by atoms with Crippen LogP contribution in [0.25, 0.3) is 0 Å². The van der Waals surface area contributed by atoms with E-state index in [0.717, 1.165) is 12.8 Å². The van der Waals surface area contributed by atoms with Crippen LogP contribution in [0.3, 0.4) is 0 Å². The van der Waals surface area contributed by atoms with E-state index in [9.17, 15) is 9.18 Å². The van der Waals surface area contributed by atoms with Gasteiger partial charge in [-0.1, -0.05) is 25.9 Å². The number of rotatable bonds is 9. The second kappa shape index (κ2) is 9.84. The maximum Gasteiger partial charge on any atom is 0.410 e. The van der Waals surface area contributed by atoms with Gasteiger partial charge in [-0.25, -0.2) is 9.18 Å². The molecule has 0 atom stereocenters. The van der Waals surface area contributed by atoms with Gasteiger partial charge in [-0.15, -0.1) is 6.58 Å². The molecule has 0 aromatic heterocycles. The van der Waals surface area contributed by atoms with Crippen molar-refractivity contribution in [2.75, 3.05) is 27.2 Å². The zero-order chi connectivity index (χ0) is 20.7. The largest absolute Gasteiger partial charge is 0.444 e. The molecule has 0 fully saturated rings. The van der Waals surface area contributed by atoms with E-state index in [-0.39, 0.29) is 17.0 Å². The van der Waals surface area contributed by atoms with Crippen molar-refractivity contribution in [3.8, 4) is 0 Å². The minimum Gasteiger partial charge on any atom is -0.444 e. The monoisotopic (exact) mass is 364 g/mol. The van der Waals surface area contributed by atoms with E-state index in [1.54, 1.807) is 11.9 Å². The number of nitrogens with zero attached hydrogens (tertiary/aromatic N) is 2. The Morgan fingerprint density at radius 3 is 1.96 bits per heavy atom. The smallest absolute Gasteiger partial charge is 0.410 e. The number of amides is 1. The lowest BCUT2D eigenvalue weighted by atomic mass is 9.85. The quantitative estimate of drug-likeness (QED) is 0.441. The van der Waals surface area contributed by atoms with Crippen molar-refractivity contribution in [2.24, 2.45) is 5.41 Å². The predicted octanol–water partition coefficient (Wildman–Crippen LogP) is 4.64. The third kappa shape index (κ3) is 10.3. The van der Waals surface area contributed by atoms with Crippen LogP contribution in [0.5, 0.6) is 0 Å². The highest BCUT2D eigenvalue weighted by atomic mass is 19.1. The average Bonchev–Trinajstić information content (AvgIpc) is 2.48. The molecule has 6 heteroatoms. The van der Waals surface area contributed by atoms with Gasteiger partial charge in [0, 0.05) is 32.9 Å². The maximum absolute atomic E-state index is 13.5. The van der Waals surface area contributed by atoms with E-state index in [1.165, 1.54) is 6.08 Å². The van der Waals surface area contributed by atoms with Crippen LogP contribution in [0.15, 0.2) is 36.2 Å². The lowest BCUT2D eigenvalue weighted by molar-refractivity contribution is 0.0279. The summed E-state index contributed by atoms with van der Waals surface area (Å²) in [6.45, 7) is 18.4. The number of allylic oxidation sites excluding steroid dienone is 3. The molecule has 0 aromatic carbocycles. The molecule has 2 radical (unpaired) electrons. The summed E-state index contributed by atoms with van der Waals surface area (Å²) in [5.41, 5.74) is -0.0626. The van der Waals surface area contributed by atoms with Crippen LogP contribution in [0.1, 0.15) is 47.5 Å². The molecule has 0 spiro atoms. The highest BCUT2D eigenvalue weighted by Gasteiger charge is 2.23. The van der Waals surface area contributed by atoms with Crippen molar-refractivity contribution in [3.63, 3.8) is 0 Å². The van der Waals surface area contributed by atoms with E-state index in [1.807, 2.05) is 32.7 Å². The number of hydrogen-bond donors (Lipinski definition) is 0. The molecule has 0 N–H and O–H groups in total. The standard InChI is InChI=1S/C20H34BFN2O2/c1-15(14-17(22)16(2)21)23(8)12-10-20(6,7)11-13-24(9)18(25)26-19(3,4)5/h14H,1-2,10-13H2,3-9H3/b17-14+. The minimum atomic E-state index is -0.569. The van der Waals surface area contributed by atoms with Crippen molar-refractivity contribution in [2.45, 2.75) is 53.1 Å². The summed E-state index contributed by atoms with van der Waals surface area (Å²) in [6, 6.07) is 0. The van der Waals surface area contributed by atoms with Crippen molar-refractivity contribution in [1.29, 1.82) is 0 Å². The molecular weight excluding hydrogens is 330 g/mol. The van der Waals surface area contributed by atoms with Crippen molar-refractivity contribution in [3.05, 3.63) is 36.2 Å². The van der Waals surface area contributed by atoms with Gasteiger partial charge in [0.15, 0.2) is 0 Å². The van der Waals surface area contributed by atoms with Gasteiger partial charge >= 0.3 is 6.09 Å². The molecule has 4 nitrogen and oxygen atoms in total. The van der Waals surface area contributed by atoms with E-state index >= 15 is 0 Å². The number of carbonyl (C=O) groups is 1. The summed E-state index contributed by atoms with van der Waals surface area (Å²) in [4.78, 5) is 15.5. The maximum atomic E-state index is 13.5. The van der Waals surface area contributed by atoms with Gasteiger partial charge < -0.3 is 14.5 Å². The summed E-state index contributed by atoms with van der Waals surface area (Å²) in [6.07, 6.45) is 2.66. The van der Waals surface area contributed by atoms with Gasteiger partial charge in [0.1, 0.15) is 19.3 Å². The van der Waals surface area contributed by atoms with Gasteiger partial charge in [0.05, 0.1) is 0 Å². The number of halogens is 1. The minimum absolute atomic E-state index is 0.00450. The number of likely N-dealkylation sites (N-methyl/N-ethyl adjacent to an activating group) is 1. The zero-order valence-corrected chi connectivity index (χ0v) is 17.5. The molecule has 0 saturated heterocycles. The van der Waals surface area contributed by atoms with Gasteiger partial charge in [-0.05, 0) is 45.1 Å². The van der Waals surface area contributed by atoms with Gasteiger partial charge in [0.25, 0.3) is 0 Å². The second-order valence-electron chi connectivity index (χ2n) is 8.50. The fraction of sp³-hybridized carbons (Fsp3) is 0.650. The van der Waals surface area contributed by atoms with Crippen LogP contribution in [0.4, 0.5) is 9.18 Å². The Morgan fingerprint density at radius 2 is 1.54 bits per heavy atom. The molecule has 0 aromatic rings. The molecule has 0 bridgehead atoms. The predicted molar refractivity (Wildman–Crippen MR) is 108 cm³/mol. The van der Waals surface area contributed by atoms with Crippen LogP contribution in [0, 0.1) is 5.41 Å². The van der Waals surface area contributed by atoms with Gasteiger partial charge in [-0.3, -0.25) is 0 Å². The number of ether oxygens (including phenoxy) is 1. The highest BCUT2D eigenvalue weighted by Crippen LogP contribution is 2.26. The molecule has 0 unspecified atom stereocenters. The van der Waals surface area contributed by atoms with E-state index in [4.69, 9.17) is 12.6 Å². The molecule has 0 heterocycles. The second-order valence-corrected chi connectivity index (χ2v) is 8.50. The molecule has 0 rings (SSSR count). The van der Waals surface area contributed by atoms with Crippen LogP contribution in [-0.4, -0.2) is 56.5 Å². The van der Waals surface area contributed by atoms with Crippen LogP contribution in [-0.2, 0) is 4.74 Å². The first kappa shape index (κ1) is 24.3. The zero-order valence-electron chi connectivity index (χ0n) is 17.5. The first-order valence-electron chi connectivity index (χ1n) is 8.81. The summed E-state index contributed by atoms with van der Waals surface area (Å²) in [5, 5.41) is 0. The highest BCUT2D eigenvalue weighted by molar-refractivity contribution is 6.23. The van der Waals surface area contributed by atoms with E-state index in [0.29, 0.717) is 18.8 Å². The van der Waals surface area contributed by atoms with E-state index < -0.39 is 11.4 Å². The molecule has 0 aliphatic carbocycles. The average molecular weight is 364 g/mol. The van der Waals surface area contributed by atoms with Crippen molar-refractivity contribution in [1.82, 2.24) is 9.80 Å². The summed E-state index contributed by atoms with van der Waals surface area (Å²) in [5.74, 6) is -0.569. The summed E-state index contributed by atoms with van der Waals surface area (Å²) >= 11 is 0. The fourth-order valence-corrected chi connectivity index (χ4v) is 1.99. The van der Waals surface area contributed by atoms with Crippen LogP contribution < -0.4 is 0 Å². The first-order chi connectivity index (χ1) is 11.6. The topological polar surface area (TPSA) is 32.8 Å². The van der Waals surface area contributed by atoms with Crippen molar-refractivity contribution >= 4 is 13.9 Å². The lowest BCUT2D eigenvalue weighted by Gasteiger charge is -2.31. The third-order valence-electron chi connectivity index (χ3n) is 4.04. The Bertz CT molecular complexity index is 551. The molecule has 146 valence electrons. The summed E-state index contributed by atoms with van der Waals surface area (Å²) < 4.78 is 18.9. The van der Waals surface area contributed by atoms with E-state index in [2.05, 4.69) is 27.0 Å². The first-order valence-corrected chi connectivity index (χ1v) is 8.81. The SMILES string of the molecule is [B]C(=C)/C(F)=C\C(=C)N(C)CCC(C)(C)CCN(C)C(=O)OC(C)(C)C. The number of carbonyl (C=O) groups excluding carboxylic acids is 1. The molecule has 26 heavy (non-hydrogen) atoms. The van der Waals surface area contributed by atoms with Crippen LogP contribution in [0.2, 0.25) is 0 Å². The fourth-order valence-electron chi connectivity index (χ4n) is 1.99. The molecule has 0 saturated carbocycles. The van der Waals surface area contributed by atoms with Crippen molar-refractivity contribution < 1.29 is 13.9 Å². The van der Waals surface area contributed by atoms with Gasteiger partial charge in [-0.2, -0.15) is 0 Å². The summed E-state index contributed by atoms with van der Waals surface area (Å²) in [7, 11) is 8.92. The van der Waals surface area contributed by atoms with Crippen LogP contribution >= 0.6 is 0 Å². The normalized spacial score (nSPS) is 12.5. The van der Waals surface area contributed by atoms with Gasteiger partial charge in [0.2, 0.25) is 0 Å². The Hall–Kier alpha value is -1.72. The number of hydrogen-bond acceptors (Lipinski definition) is 3. The Labute approximate surface area is 160 Å². The Morgan fingerprint density at radius 1 is 1.08 bits per heavy atom.